The molecule has 1 saturated heterocycles. The van der Waals surface area contributed by atoms with E-state index in [0.717, 1.165) is 0 Å². The lowest BCUT2D eigenvalue weighted by molar-refractivity contribution is -0.162. The van der Waals surface area contributed by atoms with Crippen molar-refractivity contribution in [1.29, 1.82) is 0 Å². The predicted octanol–water partition coefficient (Wildman–Crippen LogP) is 6.61. The van der Waals surface area contributed by atoms with Crippen molar-refractivity contribution in [2.45, 2.75) is 153 Å². The molecule has 2 aliphatic carbocycles. The van der Waals surface area contributed by atoms with Crippen molar-refractivity contribution >= 4 is 29.1 Å². The summed E-state index contributed by atoms with van der Waals surface area (Å²) < 4.78 is 57.9. The quantitative estimate of drug-likeness (QED) is 0.161. The number of fused-ring (bicyclic) bond motifs is 1. The lowest BCUT2D eigenvalue weighted by Crippen LogP contribution is -2.60. The Morgan fingerprint density at radius 2 is 1.33 bits per heavy atom. The molecule has 49 heavy (non-hydrogen) atoms. The first-order chi connectivity index (χ1) is 22.7. The van der Waals surface area contributed by atoms with Crippen molar-refractivity contribution < 1.29 is 51.0 Å². The molecule has 3 aliphatic rings. The van der Waals surface area contributed by atoms with E-state index in [4.69, 9.17) is 35.6 Å². The van der Waals surface area contributed by atoms with Gasteiger partial charge in [-0.15, -0.1) is 0 Å². The number of aliphatic hydroxyl groups is 2. The van der Waals surface area contributed by atoms with E-state index in [1.165, 1.54) is 13.8 Å². The van der Waals surface area contributed by atoms with Gasteiger partial charge in [0, 0.05) is 20.3 Å². The summed E-state index contributed by atoms with van der Waals surface area (Å²) in [6.45, 7) is 36.6. The minimum absolute atomic E-state index is 0.0456. The molecule has 1 heterocycles. The van der Waals surface area contributed by atoms with Gasteiger partial charge in [-0.3, -0.25) is 14.4 Å². The van der Waals surface area contributed by atoms with Crippen LogP contribution >= 0.6 is 0 Å². The second-order valence-electron chi connectivity index (χ2n) is 14.3. The van der Waals surface area contributed by atoms with Crippen LogP contribution in [-0.4, -0.2) is 87.5 Å². The Morgan fingerprint density at radius 1 is 0.878 bits per heavy atom. The van der Waals surface area contributed by atoms with Crippen molar-refractivity contribution in [3.63, 3.8) is 0 Å². The number of rotatable bonds is 8. The van der Waals surface area contributed by atoms with Crippen molar-refractivity contribution in [1.82, 2.24) is 0 Å². The van der Waals surface area contributed by atoms with Crippen molar-refractivity contribution in [2.24, 2.45) is 5.92 Å². The molecule has 8 atom stereocenters. The molecule has 2 N–H and O–H groups in total. The van der Waals surface area contributed by atoms with Crippen LogP contribution in [0.2, 0.25) is 22.2 Å². The number of esters is 2. The maximum atomic E-state index is 14.1. The summed E-state index contributed by atoms with van der Waals surface area (Å²) in [6.07, 6.45) is -4.28. The molecule has 2 saturated carbocycles. The average molecular weight is 729 g/mol. The first-order valence-corrected chi connectivity index (χ1v) is 20.8. The Morgan fingerprint density at radius 3 is 1.67 bits per heavy atom. The Kier molecular flexibility index (Phi) is 14.1. The van der Waals surface area contributed by atoms with E-state index < -0.39 is 83.2 Å². The summed E-state index contributed by atoms with van der Waals surface area (Å²) in [7, 11) is -5.94. The third kappa shape index (κ3) is 7.18. The number of ether oxygens (including phenoxy) is 2. The number of carbonyl (C=O) groups excluding carboxylic acids is 2. The molecule has 0 radical (unpaired) electrons. The molecule has 0 amide bonds. The zero-order valence-electron chi connectivity index (χ0n) is 30.7. The van der Waals surface area contributed by atoms with Gasteiger partial charge in [-0.25, -0.2) is 21.9 Å². The summed E-state index contributed by atoms with van der Waals surface area (Å²) in [5, 5.41) is 21.1. The molecule has 3 fully saturated rings. The van der Waals surface area contributed by atoms with E-state index in [-0.39, 0.29) is 33.3 Å². The number of carbonyl (C=O) groups is 2. The van der Waals surface area contributed by atoms with Crippen LogP contribution in [0.15, 0.2) is 23.8 Å². The summed E-state index contributed by atoms with van der Waals surface area (Å²) in [6, 6.07) is 0. The van der Waals surface area contributed by atoms with Crippen LogP contribution in [0.3, 0.4) is 0 Å². The number of aliphatic hydroxyl groups excluding tert-OH is 2. The van der Waals surface area contributed by atoms with E-state index in [1.54, 1.807) is 13.8 Å². The summed E-state index contributed by atoms with van der Waals surface area (Å²) in [5.41, 5.74) is -2.75. The van der Waals surface area contributed by atoms with Crippen LogP contribution in [0.1, 0.15) is 89.5 Å². The molecule has 0 aromatic heterocycles. The highest BCUT2D eigenvalue weighted by Gasteiger charge is 2.71. The van der Waals surface area contributed by atoms with Gasteiger partial charge in [0.1, 0.15) is 18.8 Å². The number of hydrogen-bond acceptors (Lipinski definition) is 9. The van der Waals surface area contributed by atoms with Gasteiger partial charge in [-0.1, -0.05) is 69.2 Å². The van der Waals surface area contributed by atoms with Crippen molar-refractivity contribution in [3.8, 4) is 0 Å². The van der Waals surface area contributed by atoms with Crippen molar-refractivity contribution in [2.75, 3.05) is 6.61 Å². The van der Waals surface area contributed by atoms with Gasteiger partial charge in [-0.2, -0.15) is 0 Å². The van der Waals surface area contributed by atoms with E-state index in [9.17, 15) is 28.6 Å². The standard InChI is InChI=1S/C20H36FNO5Si2.C14H18FNO4/c1-12(2)28(13(3)4)25-17-16(10-21)20(11-23,22-9)19(24)18(17)26-29(27-28,14(5)6)15(7)8;1-6-14(16-5)8(2)12(19-9(3)17)13(11(14)7-15)20-10(4)18/h10,12-15,17-19,23-24H,11H2,1-8H3;7-8,12-13H,6H2,1-4H3/b16-10+;11-7+/t17-,18-,19-,20+;8-,12+,13-,14-/m00/s1. The van der Waals surface area contributed by atoms with Gasteiger partial charge in [0.15, 0.2) is 18.3 Å². The molecule has 276 valence electrons. The molecule has 0 bridgehead atoms. The largest absolute Gasteiger partial charge is 0.458 e. The van der Waals surface area contributed by atoms with Gasteiger partial charge >= 0.3 is 34.6 Å². The van der Waals surface area contributed by atoms with Crippen LogP contribution in [0.5, 0.6) is 0 Å². The highest BCUT2D eigenvalue weighted by Crippen LogP contribution is 2.54. The smallest absolute Gasteiger partial charge is 0.335 e. The summed E-state index contributed by atoms with van der Waals surface area (Å²) in [4.78, 5) is 29.4. The van der Waals surface area contributed by atoms with Crippen molar-refractivity contribution in [3.05, 3.63) is 46.6 Å². The Balaban J connectivity index is 0.000000365. The van der Waals surface area contributed by atoms with Gasteiger partial charge in [0.05, 0.1) is 29.7 Å². The Hall–Kier alpha value is -2.51. The molecule has 3 rings (SSSR count). The van der Waals surface area contributed by atoms with E-state index in [1.807, 2.05) is 55.4 Å². The van der Waals surface area contributed by atoms with Gasteiger partial charge in [0.2, 0.25) is 0 Å². The second-order valence-corrected chi connectivity index (χ2v) is 23.1. The minimum atomic E-state index is -2.98. The van der Waals surface area contributed by atoms with Crippen LogP contribution in [0.25, 0.3) is 9.69 Å². The van der Waals surface area contributed by atoms with E-state index in [0.29, 0.717) is 19.1 Å². The number of halogens is 2. The van der Waals surface area contributed by atoms with Crippen LogP contribution in [0.4, 0.5) is 8.78 Å². The van der Waals surface area contributed by atoms with E-state index in [2.05, 4.69) is 9.69 Å². The molecule has 0 unspecified atom stereocenters. The van der Waals surface area contributed by atoms with Crippen LogP contribution in [-0.2, 0) is 32.0 Å². The van der Waals surface area contributed by atoms with Gasteiger partial charge < -0.3 is 37.5 Å². The molecule has 0 aromatic rings. The fraction of sp³-hybridized carbons (Fsp3) is 0.765. The molecular weight excluding hydrogens is 675 g/mol. The SMILES string of the molecule is [C-]#[N+][C@]1(CC)/C(=C/F)[C@H](OC(C)=O)[C@H](OC(C)=O)[C@@H]1C.[C-]#[N+][C@]1(CO)/C(=C/F)[C@@H]2O[Si](C(C)C)(C(C)C)O[Si](C(C)C)(C(C)C)O[C@@H]2[C@@H]1O. The highest BCUT2D eigenvalue weighted by molar-refractivity contribution is 6.84. The first-order valence-electron chi connectivity index (χ1n) is 16.8. The number of nitrogens with zero attached hydrogens (tertiary/aromatic N) is 2. The molecule has 0 aromatic carbocycles. The molecular formula is C34H54F2N2O9Si2. The van der Waals surface area contributed by atoms with E-state index >= 15 is 0 Å². The molecule has 11 nitrogen and oxygen atoms in total. The molecule has 1 aliphatic heterocycles. The zero-order valence-corrected chi connectivity index (χ0v) is 32.7. The monoisotopic (exact) mass is 728 g/mol. The highest BCUT2D eigenvalue weighted by atomic mass is 28.5. The lowest BCUT2D eigenvalue weighted by atomic mass is 9.83. The zero-order chi connectivity index (χ0) is 37.9. The third-order valence-corrected chi connectivity index (χ3v) is 20.7. The number of hydrogen-bond donors (Lipinski definition) is 2. The lowest BCUT2D eigenvalue weighted by Gasteiger charge is -2.46. The topological polar surface area (TPSA) is 129 Å². The summed E-state index contributed by atoms with van der Waals surface area (Å²) in [5.74, 6) is -1.65. The molecule has 15 heteroatoms. The predicted molar refractivity (Wildman–Crippen MR) is 183 cm³/mol. The maximum absolute atomic E-state index is 14.1. The summed E-state index contributed by atoms with van der Waals surface area (Å²) >= 11 is 0. The fourth-order valence-electron chi connectivity index (χ4n) is 7.67. The third-order valence-electron chi connectivity index (χ3n) is 10.4. The first kappa shape index (κ1) is 42.7. The minimum Gasteiger partial charge on any atom is -0.458 e. The molecule has 0 spiro atoms. The Bertz CT molecular complexity index is 1350. The second kappa shape index (κ2) is 16.2. The van der Waals surface area contributed by atoms with Gasteiger partial charge in [-0.05, 0) is 22.2 Å². The average Bonchev–Trinajstić information content (AvgIpc) is 3.27. The van der Waals surface area contributed by atoms with Crippen LogP contribution in [0, 0.1) is 19.1 Å². The van der Waals surface area contributed by atoms with Gasteiger partial charge in [0.25, 0.3) is 5.54 Å². The maximum Gasteiger partial charge on any atom is 0.335 e. The Labute approximate surface area is 292 Å². The fourth-order valence-corrected chi connectivity index (χ4v) is 18.9. The normalized spacial score (nSPS) is 35.1. The van der Waals surface area contributed by atoms with Crippen LogP contribution < -0.4 is 0 Å².